The van der Waals surface area contributed by atoms with Crippen LogP contribution in [0.15, 0.2) is 24.3 Å². The summed E-state index contributed by atoms with van der Waals surface area (Å²) in [6.45, 7) is 7.28. The van der Waals surface area contributed by atoms with Crippen molar-refractivity contribution < 1.29 is 0 Å². The Hall–Kier alpha value is -0.780. The molecule has 1 aromatic rings. The molecule has 2 aliphatic rings. The van der Waals surface area contributed by atoms with Crippen LogP contribution in [0.3, 0.4) is 0 Å². The zero-order valence-electron chi connectivity index (χ0n) is 16.3. The average molecular weight is 327 g/mol. The summed E-state index contributed by atoms with van der Waals surface area (Å²) in [5.41, 5.74) is 3.13. The summed E-state index contributed by atoms with van der Waals surface area (Å²) in [7, 11) is 0. The highest BCUT2D eigenvalue weighted by Gasteiger charge is 2.21. The first-order chi connectivity index (χ1) is 11.6. The summed E-state index contributed by atoms with van der Waals surface area (Å²) in [5.74, 6) is 4.58. The maximum atomic E-state index is 2.44. The molecule has 0 saturated heterocycles. The number of rotatable bonds is 5. The molecular weight excluding hydrogens is 288 g/mol. The molecule has 3 rings (SSSR count). The molecule has 0 nitrogen and oxygen atoms in total. The minimum atomic E-state index is 0.730. The Morgan fingerprint density at radius 1 is 0.750 bits per heavy atom. The third-order valence-corrected chi connectivity index (χ3v) is 7.03. The minimum Gasteiger partial charge on any atom is -0.0625 e. The van der Waals surface area contributed by atoms with Crippen molar-refractivity contribution in [3.8, 4) is 0 Å². The predicted octanol–water partition coefficient (Wildman–Crippen LogP) is 7.38. The van der Waals surface area contributed by atoms with Crippen molar-refractivity contribution in [1.82, 2.24) is 0 Å². The lowest BCUT2D eigenvalue weighted by molar-refractivity contribution is 0.267. The van der Waals surface area contributed by atoms with Crippen LogP contribution < -0.4 is 0 Å². The highest BCUT2D eigenvalue weighted by atomic mass is 14.3. The van der Waals surface area contributed by atoms with Crippen molar-refractivity contribution in [1.29, 1.82) is 0 Å². The molecule has 134 valence electrons. The van der Waals surface area contributed by atoms with Gasteiger partial charge in [0.2, 0.25) is 0 Å². The molecule has 24 heavy (non-hydrogen) atoms. The van der Waals surface area contributed by atoms with E-state index in [1.165, 1.54) is 64.2 Å². The van der Waals surface area contributed by atoms with E-state index in [4.69, 9.17) is 0 Å². The van der Waals surface area contributed by atoms with E-state index in [9.17, 15) is 0 Å². The molecule has 0 heteroatoms. The highest BCUT2D eigenvalue weighted by Crippen LogP contribution is 2.35. The maximum absolute atomic E-state index is 2.44. The Labute approximate surface area is 150 Å². The highest BCUT2D eigenvalue weighted by molar-refractivity contribution is 5.25. The molecule has 0 aliphatic heterocycles. The zero-order chi connectivity index (χ0) is 16.9. The van der Waals surface area contributed by atoms with E-state index in [0.717, 1.165) is 29.6 Å². The third kappa shape index (κ3) is 5.11. The molecule has 2 aliphatic carbocycles. The summed E-state index contributed by atoms with van der Waals surface area (Å²) < 4.78 is 0. The number of benzene rings is 1. The Balaban J connectivity index is 1.48. The summed E-state index contributed by atoms with van der Waals surface area (Å²) in [4.78, 5) is 0. The maximum Gasteiger partial charge on any atom is -0.0188 e. The van der Waals surface area contributed by atoms with E-state index in [0.29, 0.717) is 0 Å². The van der Waals surface area contributed by atoms with E-state index in [1.807, 2.05) is 0 Å². The van der Waals surface area contributed by atoms with E-state index >= 15 is 0 Å². The van der Waals surface area contributed by atoms with Gasteiger partial charge in [-0.1, -0.05) is 83.6 Å². The van der Waals surface area contributed by atoms with E-state index in [-0.39, 0.29) is 0 Å². The van der Waals surface area contributed by atoms with Crippen LogP contribution in [0.1, 0.15) is 95.6 Å². The minimum absolute atomic E-state index is 0.730. The monoisotopic (exact) mass is 326 g/mol. The zero-order valence-corrected chi connectivity index (χ0v) is 16.3. The van der Waals surface area contributed by atoms with Crippen molar-refractivity contribution >= 4 is 0 Å². The predicted molar refractivity (Wildman–Crippen MR) is 105 cm³/mol. The van der Waals surface area contributed by atoms with E-state index in [1.54, 1.807) is 11.1 Å². The quantitative estimate of drug-likeness (QED) is 0.529. The fourth-order valence-electron chi connectivity index (χ4n) is 5.05. The van der Waals surface area contributed by atoms with E-state index < -0.39 is 0 Å². The van der Waals surface area contributed by atoms with Gasteiger partial charge in [-0.15, -0.1) is 0 Å². The molecule has 1 atom stereocenters. The lowest BCUT2D eigenvalue weighted by Gasteiger charge is -2.28. The van der Waals surface area contributed by atoms with Gasteiger partial charge in [0.1, 0.15) is 0 Å². The average Bonchev–Trinajstić information content (AvgIpc) is 2.59. The molecule has 0 heterocycles. The van der Waals surface area contributed by atoms with Crippen molar-refractivity contribution in [2.45, 2.75) is 90.9 Å². The first kappa shape index (κ1) is 18.0. The third-order valence-electron chi connectivity index (χ3n) is 7.03. The molecule has 2 saturated carbocycles. The van der Waals surface area contributed by atoms with E-state index in [2.05, 4.69) is 45.0 Å². The van der Waals surface area contributed by atoms with Gasteiger partial charge in [-0.2, -0.15) is 0 Å². The first-order valence-corrected chi connectivity index (χ1v) is 10.7. The van der Waals surface area contributed by atoms with Gasteiger partial charge in [-0.25, -0.2) is 0 Å². The molecule has 0 amide bonds. The van der Waals surface area contributed by atoms with Crippen LogP contribution >= 0.6 is 0 Å². The largest absolute Gasteiger partial charge is 0.0625 e. The molecule has 2 fully saturated rings. The normalized spacial score (nSPS) is 32.5. The Bertz CT molecular complexity index is 469. The Morgan fingerprint density at radius 3 is 1.79 bits per heavy atom. The smallest absolute Gasteiger partial charge is 0.0188 e. The van der Waals surface area contributed by atoms with Crippen LogP contribution in [0, 0.1) is 23.7 Å². The van der Waals surface area contributed by atoms with Gasteiger partial charge in [0, 0.05) is 0 Å². The topological polar surface area (TPSA) is 0 Å². The second kappa shape index (κ2) is 8.54. The van der Waals surface area contributed by atoms with Gasteiger partial charge in [0.15, 0.2) is 0 Å². The summed E-state index contributed by atoms with van der Waals surface area (Å²) in [5, 5.41) is 0. The van der Waals surface area contributed by atoms with Gasteiger partial charge < -0.3 is 0 Å². The van der Waals surface area contributed by atoms with Crippen molar-refractivity contribution in [3.05, 3.63) is 35.4 Å². The molecule has 1 unspecified atom stereocenters. The molecule has 0 aromatic heterocycles. The van der Waals surface area contributed by atoms with Crippen molar-refractivity contribution in [2.75, 3.05) is 0 Å². The molecule has 0 bridgehead atoms. The lowest BCUT2D eigenvalue weighted by Crippen LogP contribution is -2.15. The van der Waals surface area contributed by atoms with Crippen LogP contribution in [0.25, 0.3) is 0 Å². The van der Waals surface area contributed by atoms with Gasteiger partial charge in [-0.3, -0.25) is 0 Å². The van der Waals surface area contributed by atoms with Gasteiger partial charge in [0.05, 0.1) is 0 Å². The second-order valence-electron chi connectivity index (χ2n) is 9.33. The van der Waals surface area contributed by atoms with Crippen LogP contribution in [-0.4, -0.2) is 0 Å². The van der Waals surface area contributed by atoms with Crippen LogP contribution in [0.5, 0.6) is 0 Å². The van der Waals surface area contributed by atoms with Crippen molar-refractivity contribution in [2.24, 2.45) is 23.7 Å². The van der Waals surface area contributed by atoms with Gasteiger partial charge >= 0.3 is 0 Å². The van der Waals surface area contributed by atoms with Crippen LogP contribution in [-0.2, 0) is 6.42 Å². The molecule has 0 N–H and O–H groups in total. The molecule has 0 radical (unpaired) electrons. The van der Waals surface area contributed by atoms with Crippen molar-refractivity contribution in [3.63, 3.8) is 0 Å². The SMILES string of the molecule is CC1CCC(Cc2ccc(C(C)CC3CCC(C)CC3)cc2)CC1. The summed E-state index contributed by atoms with van der Waals surface area (Å²) >= 11 is 0. The van der Waals surface area contributed by atoms with Gasteiger partial charge in [0.25, 0.3) is 0 Å². The Kier molecular flexibility index (Phi) is 6.42. The lowest BCUT2D eigenvalue weighted by atomic mass is 9.77. The molecular formula is C24H38. The Morgan fingerprint density at radius 2 is 1.25 bits per heavy atom. The molecule has 1 aromatic carbocycles. The van der Waals surface area contributed by atoms with Gasteiger partial charge in [-0.05, 0) is 66.4 Å². The number of hydrogen-bond donors (Lipinski definition) is 0. The summed E-state index contributed by atoms with van der Waals surface area (Å²) in [6, 6.07) is 9.70. The summed E-state index contributed by atoms with van der Waals surface area (Å²) in [6.07, 6.45) is 14.3. The fourth-order valence-corrected chi connectivity index (χ4v) is 5.05. The second-order valence-corrected chi connectivity index (χ2v) is 9.33. The standard InChI is InChI=1S/C24H38/c1-18-4-8-21(9-5-18)16-20(3)24-14-12-23(13-15-24)17-22-10-6-19(2)7-11-22/h12-15,18-22H,4-11,16-17H2,1-3H3. The number of hydrogen-bond acceptors (Lipinski definition) is 0. The first-order valence-electron chi connectivity index (χ1n) is 10.7. The van der Waals surface area contributed by atoms with Crippen LogP contribution in [0.4, 0.5) is 0 Å². The van der Waals surface area contributed by atoms with Crippen LogP contribution in [0.2, 0.25) is 0 Å². The fraction of sp³-hybridized carbons (Fsp3) is 0.750. The molecule has 0 spiro atoms.